The zero-order valence-electron chi connectivity index (χ0n) is 15.8. The van der Waals surface area contributed by atoms with Gasteiger partial charge < -0.3 is 20.7 Å². The summed E-state index contributed by atoms with van der Waals surface area (Å²) >= 11 is 0. The molecule has 0 aromatic heterocycles. The number of methoxy groups -OCH3 is 1. The first kappa shape index (κ1) is 19.0. The number of urea groups is 1. The number of benzene rings is 2. The highest BCUT2D eigenvalue weighted by Gasteiger charge is 2.23. The normalized spacial score (nSPS) is 16.1. The highest BCUT2D eigenvalue weighted by atomic mass is 16.5. The molecule has 3 rings (SSSR count). The molecule has 1 saturated heterocycles. The smallest absolute Gasteiger partial charge is 0.317 e. The highest BCUT2D eigenvalue weighted by molar-refractivity contribution is 5.85. The summed E-state index contributed by atoms with van der Waals surface area (Å²) in [6.45, 7) is 4.71. The predicted octanol–water partition coefficient (Wildman–Crippen LogP) is 1.72. The molecule has 0 spiro atoms. The minimum atomic E-state index is -0.338. The molecule has 144 valence electrons. The third kappa shape index (κ3) is 4.68. The van der Waals surface area contributed by atoms with Crippen LogP contribution in [0.2, 0.25) is 0 Å². The van der Waals surface area contributed by atoms with Crippen molar-refractivity contribution in [2.75, 3.05) is 39.8 Å². The minimum absolute atomic E-state index is 0.0870. The fourth-order valence-electron chi connectivity index (χ4n) is 3.33. The summed E-state index contributed by atoms with van der Waals surface area (Å²) < 4.78 is 5.26. The molecular formula is C20H26N4O3. The van der Waals surface area contributed by atoms with Gasteiger partial charge in [0.05, 0.1) is 19.7 Å². The van der Waals surface area contributed by atoms with Crippen LogP contribution in [0.1, 0.15) is 18.5 Å². The fourth-order valence-corrected chi connectivity index (χ4v) is 3.33. The lowest BCUT2D eigenvalue weighted by atomic mass is 10.0. The Hall–Kier alpha value is -2.80. The summed E-state index contributed by atoms with van der Waals surface area (Å²) in [6.07, 6.45) is 0. The molecule has 27 heavy (non-hydrogen) atoms. The molecule has 0 unspecified atom stereocenters. The van der Waals surface area contributed by atoms with E-state index >= 15 is 0 Å². The number of nitrogens with one attached hydrogen (secondary N) is 1. The molecule has 0 radical (unpaired) electrons. The first-order valence-corrected chi connectivity index (χ1v) is 9.10. The van der Waals surface area contributed by atoms with Crippen molar-refractivity contribution in [3.05, 3.63) is 42.0 Å². The maximum atomic E-state index is 12.5. The predicted molar refractivity (Wildman–Crippen MR) is 105 cm³/mol. The molecule has 1 aliphatic rings. The van der Waals surface area contributed by atoms with E-state index in [-0.39, 0.29) is 24.5 Å². The molecule has 0 saturated carbocycles. The summed E-state index contributed by atoms with van der Waals surface area (Å²) in [4.78, 5) is 27.3. The number of ether oxygens (including phenoxy) is 1. The Labute approximate surface area is 159 Å². The first-order chi connectivity index (χ1) is 13.0. The van der Waals surface area contributed by atoms with Gasteiger partial charge >= 0.3 is 6.03 Å². The van der Waals surface area contributed by atoms with E-state index in [0.717, 1.165) is 22.1 Å². The number of amides is 3. The number of piperazine rings is 1. The lowest BCUT2D eigenvalue weighted by Gasteiger charge is -2.34. The van der Waals surface area contributed by atoms with E-state index in [0.29, 0.717) is 26.2 Å². The van der Waals surface area contributed by atoms with Crippen LogP contribution in [-0.4, -0.2) is 61.6 Å². The Balaban J connectivity index is 1.60. The number of nitrogens with zero attached hydrogens (tertiary/aromatic N) is 2. The fraction of sp³-hybridized carbons (Fsp3) is 0.400. The molecule has 1 heterocycles. The monoisotopic (exact) mass is 370 g/mol. The number of primary amides is 1. The number of carbonyl (C=O) groups is 2. The zero-order chi connectivity index (χ0) is 19.4. The first-order valence-electron chi connectivity index (χ1n) is 9.10. The molecule has 7 heteroatoms. The van der Waals surface area contributed by atoms with E-state index < -0.39 is 0 Å². The van der Waals surface area contributed by atoms with E-state index in [4.69, 9.17) is 10.5 Å². The van der Waals surface area contributed by atoms with Crippen LogP contribution in [0.25, 0.3) is 10.8 Å². The molecule has 3 N–H and O–H groups in total. The zero-order valence-corrected chi connectivity index (χ0v) is 15.8. The van der Waals surface area contributed by atoms with Crippen molar-refractivity contribution in [1.82, 2.24) is 15.1 Å². The van der Waals surface area contributed by atoms with Crippen LogP contribution >= 0.6 is 0 Å². The van der Waals surface area contributed by atoms with Gasteiger partial charge in [-0.25, -0.2) is 4.79 Å². The number of fused-ring (bicyclic) bond motifs is 1. The van der Waals surface area contributed by atoms with Gasteiger partial charge in [-0.3, -0.25) is 9.69 Å². The maximum Gasteiger partial charge on any atom is 0.317 e. The van der Waals surface area contributed by atoms with Gasteiger partial charge in [-0.05, 0) is 41.5 Å². The Morgan fingerprint density at radius 2 is 1.78 bits per heavy atom. The Morgan fingerprint density at radius 3 is 2.44 bits per heavy atom. The van der Waals surface area contributed by atoms with Crippen molar-refractivity contribution < 1.29 is 14.3 Å². The van der Waals surface area contributed by atoms with Crippen LogP contribution in [0.5, 0.6) is 5.75 Å². The lowest BCUT2D eigenvalue weighted by Crippen LogP contribution is -2.53. The largest absolute Gasteiger partial charge is 0.497 e. The van der Waals surface area contributed by atoms with Gasteiger partial charge in [-0.2, -0.15) is 0 Å². The van der Waals surface area contributed by atoms with Crippen molar-refractivity contribution in [1.29, 1.82) is 0 Å². The number of carbonyl (C=O) groups excluding carboxylic acids is 2. The average Bonchev–Trinajstić information content (AvgIpc) is 2.67. The summed E-state index contributed by atoms with van der Waals surface area (Å²) in [5.41, 5.74) is 6.27. The van der Waals surface area contributed by atoms with Gasteiger partial charge in [0.2, 0.25) is 5.91 Å². The van der Waals surface area contributed by atoms with Gasteiger partial charge in [-0.15, -0.1) is 0 Å². The van der Waals surface area contributed by atoms with E-state index in [1.165, 1.54) is 0 Å². The molecule has 7 nitrogen and oxygen atoms in total. The molecule has 2 aromatic carbocycles. The maximum absolute atomic E-state index is 12.5. The summed E-state index contributed by atoms with van der Waals surface area (Å²) in [7, 11) is 1.65. The topological polar surface area (TPSA) is 87.9 Å². The summed E-state index contributed by atoms with van der Waals surface area (Å²) in [6, 6.07) is 11.9. The SMILES string of the molecule is COc1ccc2cc([C@@H](C)NC(=O)N3CCN(CC(N)=O)CC3)ccc2c1. The molecule has 3 amide bonds. The van der Waals surface area contributed by atoms with Crippen LogP contribution in [0.15, 0.2) is 36.4 Å². The van der Waals surface area contributed by atoms with Crippen molar-refractivity contribution >= 4 is 22.7 Å². The third-order valence-electron chi connectivity index (χ3n) is 4.95. The number of rotatable bonds is 5. The minimum Gasteiger partial charge on any atom is -0.497 e. The molecule has 1 fully saturated rings. The Kier molecular flexibility index (Phi) is 5.81. The average molecular weight is 370 g/mol. The molecular weight excluding hydrogens is 344 g/mol. The van der Waals surface area contributed by atoms with Gasteiger partial charge in [0.1, 0.15) is 5.75 Å². The second kappa shape index (κ2) is 8.26. The standard InChI is InChI=1S/C20H26N4O3/c1-14(15-3-4-17-12-18(27-2)6-5-16(17)11-15)22-20(26)24-9-7-23(8-10-24)13-19(21)25/h3-6,11-12,14H,7-10,13H2,1-2H3,(H2,21,25)(H,22,26)/t14-/m1/s1. The van der Waals surface area contributed by atoms with Gasteiger partial charge in [0.15, 0.2) is 0 Å². The van der Waals surface area contributed by atoms with Gasteiger partial charge in [0, 0.05) is 26.2 Å². The molecule has 1 aliphatic heterocycles. The van der Waals surface area contributed by atoms with Gasteiger partial charge in [0.25, 0.3) is 0 Å². The second-order valence-electron chi connectivity index (χ2n) is 6.87. The van der Waals surface area contributed by atoms with Crippen molar-refractivity contribution in [3.8, 4) is 5.75 Å². The van der Waals surface area contributed by atoms with E-state index in [1.54, 1.807) is 12.0 Å². The molecule has 2 aromatic rings. The molecule has 1 atom stereocenters. The van der Waals surface area contributed by atoms with Crippen LogP contribution < -0.4 is 15.8 Å². The van der Waals surface area contributed by atoms with E-state index in [9.17, 15) is 9.59 Å². The van der Waals surface area contributed by atoms with Crippen molar-refractivity contribution in [2.45, 2.75) is 13.0 Å². The Bertz CT molecular complexity index is 831. The van der Waals surface area contributed by atoms with Crippen LogP contribution in [-0.2, 0) is 4.79 Å². The van der Waals surface area contributed by atoms with E-state index in [1.807, 2.05) is 42.2 Å². The quantitative estimate of drug-likeness (QED) is 0.839. The number of hydrogen-bond donors (Lipinski definition) is 2. The third-order valence-corrected chi connectivity index (χ3v) is 4.95. The second-order valence-corrected chi connectivity index (χ2v) is 6.87. The van der Waals surface area contributed by atoms with Crippen LogP contribution in [0, 0.1) is 0 Å². The number of nitrogens with two attached hydrogens (primary N) is 1. The van der Waals surface area contributed by atoms with Crippen molar-refractivity contribution in [3.63, 3.8) is 0 Å². The van der Waals surface area contributed by atoms with Crippen molar-refractivity contribution in [2.24, 2.45) is 5.73 Å². The molecule has 0 bridgehead atoms. The lowest BCUT2D eigenvalue weighted by molar-refractivity contribution is -0.119. The summed E-state index contributed by atoms with van der Waals surface area (Å²) in [5.74, 6) is 0.488. The van der Waals surface area contributed by atoms with Crippen LogP contribution in [0.3, 0.4) is 0 Å². The highest BCUT2D eigenvalue weighted by Crippen LogP contribution is 2.24. The van der Waals surface area contributed by atoms with Crippen LogP contribution in [0.4, 0.5) is 4.79 Å². The number of hydrogen-bond acceptors (Lipinski definition) is 4. The Morgan fingerprint density at radius 1 is 1.11 bits per heavy atom. The van der Waals surface area contributed by atoms with E-state index in [2.05, 4.69) is 11.4 Å². The van der Waals surface area contributed by atoms with Gasteiger partial charge in [-0.1, -0.05) is 18.2 Å². The molecule has 0 aliphatic carbocycles. The summed E-state index contributed by atoms with van der Waals surface area (Å²) in [5, 5.41) is 5.27.